The number of Topliss-reactive ketones (excluding diaryl/α,β-unsaturated/α-hetero) is 1. The highest BCUT2D eigenvalue weighted by atomic mass is 35.5. The van der Waals surface area contributed by atoms with Crippen LogP contribution in [0.2, 0.25) is 5.02 Å². The lowest BCUT2D eigenvalue weighted by Crippen LogP contribution is -2.54. The molecule has 0 spiro atoms. The summed E-state index contributed by atoms with van der Waals surface area (Å²) < 4.78 is 10.6. The highest BCUT2D eigenvalue weighted by molar-refractivity contribution is 6.31. The van der Waals surface area contributed by atoms with Crippen molar-refractivity contribution in [1.82, 2.24) is 4.90 Å². The summed E-state index contributed by atoms with van der Waals surface area (Å²) in [6.07, 6.45) is 2.62. The highest BCUT2D eigenvalue weighted by Gasteiger charge is 2.48. The Morgan fingerprint density at radius 2 is 1.71 bits per heavy atom. The Kier molecular flexibility index (Phi) is 5.94. The minimum atomic E-state index is -1.08. The third kappa shape index (κ3) is 3.47. The van der Waals surface area contributed by atoms with Crippen LogP contribution in [0.25, 0.3) is 0 Å². The number of hydrogen-bond donors (Lipinski definition) is 0. The molecular weight excluding hydrogens is 378 g/mol. The number of halogens is 1. The molecule has 0 radical (unpaired) electrons. The Morgan fingerprint density at radius 1 is 1.07 bits per heavy atom. The lowest BCUT2D eigenvalue weighted by Gasteiger charge is -2.44. The van der Waals surface area contributed by atoms with Crippen molar-refractivity contribution in [2.45, 2.75) is 31.2 Å². The molecule has 0 saturated heterocycles. The number of rotatable bonds is 5. The molecule has 1 aliphatic rings. The van der Waals surface area contributed by atoms with Gasteiger partial charge in [-0.3, -0.25) is 9.59 Å². The van der Waals surface area contributed by atoms with E-state index >= 15 is 0 Å². The fourth-order valence-corrected chi connectivity index (χ4v) is 4.22. The van der Waals surface area contributed by atoms with Gasteiger partial charge in [0.15, 0.2) is 5.78 Å². The molecule has 1 fully saturated rings. The number of ether oxygens (including phenoxy) is 2. The molecule has 1 atom stereocenters. The molecule has 1 unspecified atom stereocenters. The maximum Gasteiger partial charge on any atom is 0.254 e. The monoisotopic (exact) mass is 401 g/mol. The minimum absolute atomic E-state index is 0.0116. The third-order valence-electron chi connectivity index (χ3n) is 5.45. The van der Waals surface area contributed by atoms with Gasteiger partial charge >= 0.3 is 0 Å². The van der Waals surface area contributed by atoms with Crippen molar-refractivity contribution < 1.29 is 19.1 Å². The molecule has 3 rings (SSSR count). The molecule has 0 heterocycles. The predicted octanol–water partition coefficient (Wildman–Crippen LogP) is 4.47. The van der Waals surface area contributed by atoms with Gasteiger partial charge in [-0.1, -0.05) is 29.8 Å². The molecule has 1 aliphatic carbocycles. The molecule has 148 valence electrons. The summed E-state index contributed by atoms with van der Waals surface area (Å²) in [5, 5.41) is 0.487. The Labute approximate surface area is 170 Å². The van der Waals surface area contributed by atoms with Gasteiger partial charge in [0.25, 0.3) is 5.91 Å². The summed E-state index contributed by atoms with van der Waals surface area (Å²) in [5.74, 6) is 0.751. The molecule has 2 aromatic rings. The van der Waals surface area contributed by atoms with E-state index < -0.39 is 5.54 Å². The first kappa shape index (κ1) is 20.2. The summed E-state index contributed by atoms with van der Waals surface area (Å²) in [4.78, 5) is 28.2. The van der Waals surface area contributed by atoms with Crippen LogP contribution >= 0.6 is 11.6 Å². The molecule has 0 aliphatic heterocycles. The first-order valence-electron chi connectivity index (χ1n) is 9.23. The van der Waals surface area contributed by atoms with Crippen molar-refractivity contribution >= 4 is 23.3 Å². The average molecular weight is 402 g/mol. The van der Waals surface area contributed by atoms with Crippen molar-refractivity contribution in [3.63, 3.8) is 0 Å². The van der Waals surface area contributed by atoms with Crippen molar-refractivity contribution in [2.24, 2.45) is 0 Å². The quantitative estimate of drug-likeness (QED) is 0.741. The fraction of sp³-hybridized carbons (Fsp3) is 0.364. The molecule has 0 bridgehead atoms. The van der Waals surface area contributed by atoms with E-state index in [1.807, 2.05) is 18.2 Å². The van der Waals surface area contributed by atoms with E-state index in [1.165, 1.54) is 19.1 Å². The van der Waals surface area contributed by atoms with Crippen LogP contribution in [-0.4, -0.2) is 37.9 Å². The highest BCUT2D eigenvalue weighted by Crippen LogP contribution is 2.43. The lowest BCUT2D eigenvalue weighted by atomic mass is 9.74. The van der Waals surface area contributed by atoms with Crippen LogP contribution in [0.1, 0.15) is 41.6 Å². The Hall–Kier alpha value is -2.53. The number of nitrogens with zero attached hydrogens (tertiary/aromatic N) is 1. The van der Waals surface area contributed by atoms with Crippen LogP contribution in [-0.2, 0) is 10.3 Å². The van der Waals surface area contributed by atoms with Gasteiger partial charge in [0.1, 0.15) is 17.0 Å². The van der Waals surface area contributed by atoms with Gasteiger partial charge in [0, 0.05) is 35.7 Å². The van der Waals surface area contributed by atoms with Crippen molar-refractivity contribution in [3.8, 4) is 11.5 Å². The number of hydrogen-bond acceptors (Lipinski definition) is 4. The van der Waals surface area contributed by atoms with E-state index in [-0.39, 0.29) is 11.7 Å². The number of carbonyl (C=O) groups excluding carboxylic acids is 2. The van der Waals surface area contributed by atoms with E-state index in [9.17, 15) is 9.59 Å². The zero-order chi connectivity index (χ0) is 20.3. The molecule has 1 saturated carbocycles. The van der Waals surface area contributed by atoms with Crippen LogP contribution in [0.3, 0.4) is 0 Å². The maximum absolute atomic E-state index is 13.4. The second-order valence-corrected chi connectivity index (χ2v) is 7.34. The van der Waals surface area contributed by atoms with Gasteiger partial charge in [-0.15, -0.1) is 0 Å². The lowest BCUT2D eigenvalue weighted by molar-refractivity contribution is -0.132. The summed E-state index contributed by atoms with van der Waals surface area (Å²) in [7, 11) is 4.73. The second-order valence-electron chi connectivity index (χ2n) is 6.94. The van der Waals surface area contributed by atoms with E-state index in [0.29, 0.717) is 40.5 Å². The van der Waals surface area contributed by atoms with Gasteiger partial charge in [-0.25, -0.2) is 0 Å². The first-order valence-corrected chi connectivity index (χ1v) is 9.61. The van der Waals surface area contributed by atoms with E-state index in [1.54, 1.807) is 31.3 Å². The molecule has 28 heavy (non-hydrogen) atoms. The fourth-order valence-electron chi connectivity index (χ4n) is 3.93. The molecular formula is C22H24ClNO4. The Morgan fingerprint density at radius 3 is 2.29 bits per heavy atom. The molecule has 0 N–H and O–H groups in total. The number of likely N-dealkylation sites (N-methyl/N-ethyl adjacent to an activating group) is 1. The standard InChI is InChI=1S/C22H24ClNO4/c1-24(21(26)15-12-16(27-2)14-17(13-15)28-3)22(11-7-6-10-20(22)25)18-8-4-5-9-19(18)23/h4-5,8-9,12-14H,6-7,10-11H2,1-3H3. The molecule has 0 aromatic heterocycles. The zero-order valence-corrected chi connectivity index (χ0v) is 17.1. The largest absolute Gasteiger partial charge is 0.497 e. The summed E-state index contributed by atoms with van der Waals surface area (Å²) in [6, 6.07) is 12.3. The molecule has 2 aromatic carbocycles. The Balaban J connectivity index is 2.10. The van der Waals surface area contributed by atoms with E-state index in [0.717, 1.165) is 12.8 Å². The van der Waals surface area contributed by atoms with Crippen molar-refractivity contribution in [1.29, 1.82) is 0 Å². The normalized spacial score (nSPS) is 19.2. The van der Waals surface area contributed by atoms with Gasteiger partial charge in [0.2, 0.25) is 0 Å². The van der Waals surface area contributed by atoms with Gasteiger partial charge < -0.3 is 14.4 Å². The van der Waals surface area contributed by atoms with Crippen LogP contribution in [0, 0.1) is 0 Å². The second kappa shape index (κ2) is 8.23. The van der Waals surface area contributed by atoms with Crippen LogP contribution in [0.15, 0.2) is 42.5 Å². The van der Waals surface area contributed by atoms with Crippen LogP contribution in [0.5, 0.6) is 11.5 Å². The Bertz CT molecular complexity index is 876. The zero-order valence-electron chi connectivity index (χ0n) is 16.3. The topological polar surface area (TPSA) is 55.8 Å². The molecule has 6 heteroatoms. The number of amides is 1. The maximum atomic E-state index is 13.4. The SMILES string of the molecule is COc1cc(OC)cc(C(=O)N(C)C2(c3ccccc3Cl)CCCCC2=O)c1. The van der Waals surface area contributed by atoms with Crippen molar-refractivity contribution in [2.75, 3.05) is 21.3 Å². The average Bonchev–Trinajstić information content (AvgIpc) is 2.73. The molecule has 1 amide bonds. The number of benzene rings is 2. The third-order valence-corrected chi connectivity index (χ3v) is 5.78. The molecule has 5 nitrogen and oxygen atoms in total. The van der Waals surface area contributed by atoms with Gasteiger partial charge in [-0.05, 0) is 37.5 Å². The van der Waals surface area contributed by atoms with Crippen LogP contribution in [0.4, 0.5) is 0 Å². The first-order chi connectivity index (χ1) is 13.4. The van der Waals surface area contributed by atoms with Crippen LogP contribution < -0.4 is 9.47 Å². The van der Waals surface area contributed by atoms with Gasteiger partial charge in [0.05, 0.1) is 14.2 Å². The smallest absolute Gasteiger partial charge is 0.254 e. The summed E-state index contributed by atoms with van der Waals surface area (Å²) in [5.41, 5.74) is -0.0140. The summed E-state index contributed by atoms with van der Waals surface area (Å²) >= 11 is 6.47. The van der Waals surface area contributed by atoms with Gasteiger partial charge in [-0.2, -0.15) is 0 Å². The van der Waals surface area contributed by atoms with E-state index in [4.69, 9.17) is 21.1 Å². The predicted molar refractivity (Wildman–Crippen MR) is 108 cm³/mol. The van der Waals surface area contributed by atoms with E-state index in [2.05, 4.69) is 0 Å². The van der Waals surface area contributed by atoms with Crippen molar-refractivity contribution in [3.05, 3.63) is 58.6 Å². The number of methoxy groups -OCH3 is 2. The number of carbonyl (C=O) groups is 2. The number of ketones is 1. The summed E-state index contributed by atoms with van der Waals surface area (Å²) in [6.45, 7) is 0. The minimum Gasteiger partial charge on any atom is -0.497 e.